The molecule has 2 heterocycles. The van der Waals surface area contributed by atoms with E-state index < -0.39 is 10.0 Å². The summed E-state index contributed by atoms with van der Waals surface area (Å²) in [5.74, 6) is 0.140. The Labute approximate surface area is 157 Å². The minimum Gasteiger partial charge on any atom is -0.373 e. The number of ether oxygens (including phenoxy) is 1. The number of rotatable bonds is 6. The number of nitrogens with zero attached hydrogens (tertiary/aromatic N) is 1. The Kier molecular flexibility index (Phi) is 6.04. The van der Waals surface area contributed by atoms with Crippen LogP contribution in [0.4, 0.5) is 0 Å². The second-order valence-electron chi connectivity index (χ2n) is 7.94. The van der Waals surface area contributed by atoms with Crippen molar-refractivity contribution in [3.63, 3.8) is 0 Å². The predicted molar refractivity (Wildman–Crippen MR) is 103 cm³/mol. The van der Waals surface area contributed by atoms with Gasteiger partial charge in [0.15, 0.2) is 0 Å². The quantitative estimate of drug-likeness (QED) is 0.782. The molecule has 1 atom stereocenters. The molecule has 0 aliphatic carbocycles. The van der Waals surface area contributed by atoms with Crippen molar-refractivity contribution in [1.29, 1.82) is 0 Å². The second kappa shape index (κ2) is 7.94. The lowest BCUT2D eigenvalue weighted by atomic mass is 10.1. The summed E-state index contributed by atoms with van der Waals surface area (Å²) in [6.45, 7) is 9.18. The first kappa shape index (κ1) is 19.8. The Morgan fingerprint density at radius 1 is 1.27 bits per heavy atom. The highest BCUT2D eigenvalue weighted by atomic mass is 32.2. The molecule has 0 amide bonds. The molecule has 2 N–H and O–H groups in total. The molecule has 26 heavy (non-hydrogen) atoms. The molecule has 0 radical (unpaired) electrons. The SMILES string of the molecule is Cc1ccc(C)c(COC2CCN(S(=O)(=O)CC3(C)CNCN3)CC2)c1. The van der Waals surface area contributed by atoms with Crippen LogP contribution in [0.2, 0.25) is 0 Å². The van der Waals surface area contributed by atoms with E-state index in [4.69, 9.17) is 4.74 Å². The Morgan fingerprint density at radius 3 is 2.65 bits per heavy atom. The molecule has 2 aliphatic rings. The highest BCUT2D eigenvalue weighted by Gasteiger charge is 2.37. The maximum absolute atomic E-state index is 12.7. The zero-order chi connectivity index (χ0) is 18.8. The van der Waals surface area contributed by atoms with E-state index in [1.165, 1.54) is 16.7 Å². The van der Waals surface area contributed by atoms with E-state index >= 15 is 0 Å². The number of nitrogens with one attached hydrogen (secondary N) is 2. The van der Waals surface area contributed by atoms with Gasteiger partial charge in [0.05, 0.1) is 18.5 Å². The molecular weight excluding hydrogens is 350 g/mol. The summed E-state index contributed by atoms with van der Waals surface area (Å²) in [6, 6.07) is 6.39. The first-order valence-corrected chi connectivity index (χ1v) is 11.0. The number of hydrogen-bond donors (Lipinski definition) is 2. The molecular formula is C19H31N3O3S. The molecule has 0 bridgehead atoms. The topological polar surface area (TPSA) is 70.7 Å². The van der Waals surface area contributed by atoms with Crippen LogP contribution in [0.3, 0.4) is 0 Å². The Balaban J connectivity index is 1.50. The lowest BCUT2D eigenvalue weighted by molar-refractivity contribution is 0.00993. The average molecular weight is 382 g/mol. The number of sulfonamides is 1. The molecule has 0 spiro atoms. The van der Waals surface area contributed by atoms with Gasteiger partial charge in [-0.2, -0.15) is 0 Å². The van der Waals surface area contributed by atoms with E-state index in [1.807, 2.05) is 6.92 Å². The van der Waals surface area contributed by atoms with Crippen molar-refractivity contribution in [3.05, 3.63) is 34.9 Å². The highest BCUT2D eigenvalue weighted by Crippen LogP contribution is 2.22. The summed E-state index contributed by atoms with van der Waals surface area (Å²) >= 11 is 0. The van der Waals surface area contributed by atoms with E-state index in [0.717, 1.165) is 12.8 Å². The Morgan fingerprint density at radius 2 is 2.00 bits per heavy atom. The molecule has 7 heteroatoms. The smallest absolute Gasteiger partial charge is 0.215 e. The molecule has 6 nitrogen and oxygen atoms in total. The van der Waals surface area contributed by atoms with Crippen molar-refractivity contribution in [3.8, 4) is 0 Å². The van der Waals surface area contributed by atoms with Crippen molar-refractivity contribution >= 4 is 10.0 Å². The van der Waals surface area contributed by atoms with Crippen LogP contribution >= 0.6 is 0 Å². The standard InChI is InChI=1S/C19H31N3O3S/c1-15-4-5-16(2)17(10-15)11-25-18-6-8-22(9-7-18)26(23,24)13-19(3)12-20-14-21-19/h4-5,10,18,20-21H,6-9,11-14H2,1-3H3. The van der Waals surface area contributed by atoms with E-state index in [1.54, 1.807) is 4.31 Å². The van der Waals surface area contributed by atoms with Crippen molar-refractivity contribution in [2.45, 2.75) is 51.9 Å². The van der Waals surface area contributed by atoms with Gasteiger partial charge in [0.1, 0.15) is 0 Å². The van der Waals surface area contributed by atoms with Gasteiger partial charge in [-0.15, -0.1) is 0 Å². The fraction of sp³-hybridized carbons (Fsp3) is 0.684. The third kappa shape index (κ3) is 4.84. The van der Waals surface area contributed by atoms with Crippen LogP contribution in [0.5, 0.6) is 0 Å². The van der Waals surface area contributed by atoms with Crippen LogP contribution in [0.1, 0.15) is 36.5 Å². The molecule has 3 rings (SSSR count). The fourth-order valence-corrected chi connectivity index (χ4v) is 5.67. The maximum Gasteiger partial charge on any atom is 0.215 e. The minimum absolute atomic E-state index is 0.128. The van der Waals surface area contributed by atoms with Gasteiger partial charge in [0, 0.05) is 31.8 Å². The van der Waals surface area contributed by atoms with Crippen molar-refractivity contribution in [1.82, 2.24) is 14.9 Å². The van der Waals surface area contributed by atoms with Crippen LogP contribution in [0.15, 0.2) is 18.2 Å². The number of piperidine rings is 1. The Hall–Kier alpha value is -0.990. The van der Waals surface area contributed by atoms with Gasteiger partial charge in [0.2, 0.25) is 10.0 Å². The summed E-state index contributed by atoms with van der Waals surface area (Å²) < 4.78 is 33.2. The molecule has 1 aromatic carbocycles. The van der Waals surface area contributed by atoms with Crippen molar-refractivity contribution < 1.29 is 13.2 Å². The van der Waals surface area contributed by atoms with E-state index in [0.29, 0.717) is 32.9 Å². The highest BCUT2D eigenvalue weighted by molar-refractivity contribution is 7.89. The van der Waals surface area contributed by atoms with Gasteiger partial charge in [-0.05, 0) is 44.7 Å². The van der Waals surface area contributed by atoms with Crippen molar-refractivity contribution in [2.75, 3.05) is 32.1 Å². The normalized spacial score (nSPS) is 25.7. The van der Waals surface area contributed by atoms with Gasteiger partial charge in [-0.25, -0.2) is 12.7 Å². The first-order valence-electron chi connectivity index (χ1n) is 9.39. The fourth-order valence-electron chi connectivity index (χ4n) is 3.71. The second-order valence-corrected chi connectivity index (χ2v) is 9.91. The minimum atomic E-state index is -3.25. The molecule has 0 aromatic heterocycles. The van der Waals surface area contributed by atoms with Crippen LogP contribution in [-0.2, 0) is 21.4 Å². The summed E-state index contributed by atoms with van der Waals surface area (Å²) in [4.78, 5) is 0. The summed E-state index contributed by atoms with van der Waals surface area (Å²) in [6.07, 6.45) is 1.64. The van der Waals surface area contributed by atoms with E-state index in [-0.39, 0.29) is 17.4 Å². The predicted octanol–water partition coefficient (Wildman–Crippen LogP) is 1.52. The van der Waals surface area contributed by atoms with Gasteiger partial charge < -0.3 is 10.1 Å². The van der Waals surface area contributed by atoms with Crippen LogP contribution in [0, 0.1) is 13.8 Å². The largest absolute Gasteiger partial charge is 0.373 e. The average Bonchev–Trinajstić information content (AvgIpc) is 3.01. The maximum atomic E-state index is 12.7. The Bertz CT molecular complexity index is 722. The zero-order valence-corrected chi connectivity index (χ0v) is 16.9. The molecule has 2 fully saturated rings. The van der Waals surface area contributed by atoms with E-state index in [2.05, 4.69) is 42.7 Å². The van der Waals surface area contributed by atoms with E-state index in [9.17, 15) is 8.42 Å². The number of aryl methyl sites for hydroxylation is 2. The number of benzene rings is 1. The molecule has 0 saturated carbocycles. The zero-order valence-electron chi connectivity index (χ0n) is 16.0. The molecule has 146 valence electrons. The first-order chi connectivity index (χ1) is 12.3. The molecule has 2 aliphatic heterocycles. The summed E-state index contributed by atoms with van der Waals surface area (Å²) in [7, 11) is -3.25. The molecule has 1 unspecified atom stereocenters. The van der Waals surface area contributed by atoms with Gasteiger partial charge >= 0.3 is 0 Å². The third-order valence-electron chi connectivity index (χ3n) is 5.43. The number of hydrogen-bond acceptors (Lipinski definition) is 5. The third-order valence-corrected chi connectivity index (χ3v) is 7.58. The summed E-state index contributed by atoms with van der Waals surface area (Å²) in [5.41, 5.74) is 3.31. The van der Waals surface area contributed by atoms with Crippen LogP contribution in [0.25, 0.3) is 0 Å². The lowest BCUT2D eigenvalue weighted by Crippen LogP contribution is -2.51. The van der Waals surface area contributed by atoms with Gasteiger partial charge in [0.25, 0.3) is 0 Å². The van der Waals surface area contributed by atoms with Crippen LogP contribution in [-0.4, -0.2) is 56.4 Å². The lowest BCUT2D eigenvalue weighted by Gasteiger charge is -2.33. The van der Waals surface area contributed by atoms with Crippen molar-refractivity contribution in [2.24, 2.45) is 0 Å². The molecule has 2 saturated heterocycles. The monoisotopic (exact) mass is 381 g/mol. The van der Waals surface area contributed by atoms with Crippen LogP contribution < -0.4 is 10.6 Å². The summed E-state index contributed by atoms with van der Waals surface area (Å²) in [5, 5.41) is 6.42. The van der Waals surface area contributed by atoms with Gasteiger partial charge in [-0.3, -0.25) is 5.32 Å². The van der Waals surface area contributed by atoms with Gasteiger partial charge in [-0.1, -0.05) is 23.8 Å². The molecule has 1 aromatic rings.